The summed E-state index contributed by atoms with van der Waals surface area (Å²) in [6.45, 7) is 1.58. The number of unbranched alkanes of at least 4 members (excludes halogenated alkanes) is 20. The zero-order chi connectivity index (χ0) is 66.8. The van der Waals surface area contributed by atoms with E-state index in [4.69, 9.17) is 28.4 Å². The third kappa shape index (κ3) is 34.9. The average Bonchev–Trinajstić information content (AvgIpc) is 0.834. The number of aliphatic hydroxyl groups is 11. The second kappa shape index (κ2) is 53.6. The van der Waals surface area contributed by atoms with Crippen molar-refractivity contribution in [3.63, 3.8) is 0 Å². The SMILES string of the molecule is CC/C=C\C/C=C\C/C=C\C/C=C\C/C=C\C/C=C\C/C=C\CCCCCCCCCCCC(=O)NC(COC1OC(CO)C(OC2OC(CO)C(OC3OC(CO)C(O)C(O)C3O)C(O)C2O)C(O)C1O)C(O)/C=C/CC/C=C/CCCCCCCCCCCC. The maximum absolute atomic E-state index is 13.4. The number of amides is 1. The molecule has 3 heterocycles. The molecule has 3 rings (SSSR count). The zero-order valence-electron chi connectivity index (χ0n) is 55.7. The summed E-state index contributed by atoms with van der Waals surface area (Å²) in [4.78, 5) is 13.4. The van der Waals surface area contributed by atoms with Crippen LogP contribution in [-0.2, 0) is 33.2 Å². The van der Waals surface area contributed by atoms with Crippen LogP contribution in [0.5, 0.6) is 0 Å². The lowest BCUT2D eigenvalue weighted by Crippen LogP contribution is -2.66. The minimum Gasteiger partial charge on any atom is -0.394 e. The quantitative estimate of drug-likeness (QED) is 0.0199. The van der Waals surface area contributed by atoms with Gasteiger partial charge < -0.3 is 89.9 Å². The van der Waals surface area contributed by atoms with Crippen LogP contribution >= 0.6 is 0 Å². The van der Waals surface area contributed by atoms with E-state index >= 15 is 0 Å². The summed E-state index contributed by atoms with van der Waals surface area (Å²) in [7, 11) is 0. The standard InChI is InChI=1S/C73H123NO18/c1-3-5-7-9-11-13-15-17-19-21-22-23-24-25-26-27-28-29-30-31-32-33-34-35-37-39-41-43-45-47-49-51-61(79)74-56(57(78)50-48-46-44-42-40-38-36-20-18-16-14-12-10-8-6-4-2)55-87-71-67(85)64(82)69(59(53-76)89-71)92-73-68(86)65(83)70(60(54-77)90-73)91-72-66(84)63(81)62(80)58(52-75)88-72/h5,7,11,13,17,19,22-23,25-26,28-29,31-32,40,42,48,50,56-60,62-73,75-78,80-86H,3-4,6,8-10,12,14-16,18,20-21,24,27,30,33-39,41,43-47,49,51-55H2,1-2H3,(H,74,79)/b7-5-,13-11-,19-17-,23-22-,26-25-,29-28-,32-31-,42-40+,50-48+. The maximum atomic E-state index is 13.4. The van der Waals surface area contributed by atoms with Crippen LogP contribution in [0.2, 0.25) is 0 Å². The first-order valence-electron chi connectivity index (χ1n) is 35.1. The smallest absolute Gasteiger partial charge is 0.220 e. The highest BCUT2D eigenvalue weighted by Gasteiger charge is 2.53. The van der Waals surface area contributed by atoms with Gasteiger partial charge in [-0.3, -0.25) is 4.79 Å². The van der Waals surface area contributed by atoms with Crippen molar-refractivity contribution in [3.8, 4) is 0 Å². The molecule has 1 amide bonds. The van der Waals surface area contributed by atoms with Crippen LogP contribution in [0.3, 0.4) is 0 Å². The van der Waals surface area contributed by atoms with Gasteiger partial charge in [0.25, 0.3) is 0 Å². The normalized spacial score (nSPS) is 28.4. The average molecular weight is 1300 g/mol. The molecule has 0 bridgehead atoms. The second-order valence-corrected chi connectivity index (χ2v) is 24.6. The summed E-state index contributed by atoms with van der Waals surface area (Å²) in [5, 5.41) is 120. The Bertz CT molecular complexity index is 2090. The molecule has 12 N–H and O–H groups in total. The molecular formula is C73H123NO18. The van der Waals surface area contributed by atoms with Gasteiger partial charge in [-0.25, -0.2) is 0 Å². The van der Waals surface area contributed by atoms with E-state index in [0.29, 0.717) is 12.8 Å². The molecule has 0 aromatic carbocycles. The Morgan fingerprint density at radius 3 is 1.22 bits per heavy atom. The van der Waals surface area contributed by atoms with Gasteiger partial charge in [0, 0.05) is 6.42 Å². The molecule has 17 unspecified atom stereocenters. The van der Waals surface area contributed by atoms with Crippen molar-refractivity contribution in [2.45, 2.75) is 317 Å². The lowest BCUT2D eigenvalue weighted by atomic mass is 9.96. The Kier molecular flexibility index (Phi) is 48.1. The third-order valence-corrected chi connectivity index (χ3v) is 16.8. The van der Waals surface area contributed by atoms with E-state index in [1.807, 2.05) is 6.08 Å². The number of ether oxygens (including phenoxy) is 6. The molecule has 0 spiro atoms. The molecular weight excluding hydrogens is 1180 g/mol. The van der Waals surface area contributed by atoms with Gasteiger partial charge in [0.15, 0.2) is 18.9 Å². The second-order valence-electron chi connectivity index (χ2n) is 24.6. The number of nitrogens with one attached hydrogen (secondary N) is 1. The first-order valence-corrected chi connectivity index (χ1v) is 35.1. The van der Waals surface area contributed by atoms with E-state index < -0.39 is 124 Å². The Hall–Kier alpha value is -3.55. The number of carbonyl (C=O) groups excluding carboxylic acids is 1. The molecule has 528 valence electrons. The molecule has 3 aliphatic heterocycles. The highest BCUT2D eigenvalue weighted by atomic mass is 16.8. The highest BCUT2D eigenvalue weighted by molar-refractivity contribution is 5.76. The van der Waals surface area contributed by atoms with Crippen molar-refractivity contribution < 1.29 is 89.4 Å². The largest absolute Gasteiger partial charge is 0.394 e. The fourth-order valence-corrected chi connectivity index (χ4v) is 11.1. The summed E-state index contributed by atoms with van der Waals surface area (Å²) >= 11 is 0. The van der Waals surface area contributed by atoms with E-state index in [9.17, 15) is 61.0 Å². The summed E-state index contributed by atoms with van der Waals surface area (Å²) in [5.41, 5.74) is 0. The summed E-state index contributed by atoms with van der Waals surface area (Å²) in [6, 6.07) is -1.00. The predicted molar refractivity (Wildman–Crippen MR) is 360 cm³/mol. The van der Waals surface area contributed by atoms with Gasteiger partial charge in [0.05, 0.1) is 38.6 Å². The number of rotatable bonds is 52. The van der Waals surface area contributed by atoms with Crippen LogP contribution in [0.15, 0.2) is 109 Å². The van der Waals surface area contributed by atoms with Crippen LogP contribution < -0.4 is 5.32 Å². The van der Waals surface area contributed by atoms with Crippen molar-refractivity contribution in [2.75, 3.05) is 26.4 Å². The van der Waals surface area contributed by atoms with Gasteiger partial charge in [0.2, 0.25) is 5.91 Å². The van der Waals surface area contributed by atoms with E-state index in [2.05, 4.69) is 116 Å². The number of carbonyl (C=O) groups is 1. The summed E-state index contributed by atoms with van der Waals surface area (Å²) in [6.07, 6.45) is 44.9. The van der Waals surface area contributed by atoms with Gasteiger partial charge in [-0.2, -0.15) is 0 Å². The molecule has 3 saturated heterocycles. The van der Waals surface area contributed by atoms with Gasteiger partial charge in [0.1, 0.15) is 73.2 Å². The van der Waals surface area contributed by atoms with Crippen LogP contribution in [0, 0.1) is 0 Å². The highest BCUT2D eigenvalue weighted by Crippen LogP contribution is 2.33. The van der Waals surface area contributed by atoms with Gasteiger partial charge in [-0.1, -0.05) is 226 Å². The molecule has 19 nitrogen and oxygen atoms in total. The number of aliphatic hydroxyl groups excluding tert-OH is 11. The Morgan fingerprint density at radius 1 is 0.402 bits per heavy atom. The fraction of sp³-hybridized carbons (Fsp3) is 0.740. The monoisotopic (exact) mass is 1300 g/mol. The minimum atomic E-state index is -1.99. The fourth-order valence-electron chi connectivity index (χ4n) is 11.1. The van der Waals surface area contributed by atoms with Gasteiger partial charge in [-0.15, -0.1) is 0 Å². The minimum absolute atomic E-state index is 0.221. The molecule has 0 aromatic heterocycles. The first-order chi connectivity index (χ1) is 44.8. The van der Waals surface area contributed by atoms with Gasteiger partial charge >= 0.3 is 0 Å². The lowest BCUT2D eigenvalue weighted by Gasteiger charge is -2.48. The van der Waals surface area contributed by atoms with Crippen LogP contribution in [0.4, 0.5) is 0 Å². The van der Waals surface area contributed by atoms with Crippen LogP contribution in [-0.4, -0.2) is 193 Å². The van der Waals surface area contributed by atoms with Crippen LogP contribution in [0.1, 0.15) is 213 Å². The Balaban J connectivity index is 1.42. The Labute approximate surface area is 551 Å². The molecule has 0 radical (unpaired) electrons. The van der Waals surface area contributed by atoms with Crippen LogP contribution in [0.25, 0.3) is 0 Å². The van der Waals surface area contributed by atoms with E-state index in [0.717, 1.165) is 96.3 Å². The topological polar surface area (TPSA) is 307 Å². The molecule has 92 heavy (non-hydrogen) atoms. The van der Waals surface area contributed by atoms with Crippen molar-refractivity contribution in [2.24, 2.45) is 0 Å². The van der Waals surface area contributed by atoms with Crippen molar-refractivity contribution >= 4 is 5.91 Å². The lowest BCUT2D eigenvalue weighted by molar-refractivity contribution is -0.379. The van der Waals surface area contributed by atoms with Crippen molar-refractivity contribution in [1.29, 1.82) is 0 Å². The molecule has 0 aromatic rings. The molecule has 3 aliphatic rings. The van der Waals surface area contributed by atoms with E-state index in [-0.39, 0.29) is 18.9 Å². The number of hydrogen-bond donors (Lipinski definition) is 12. The molecule has 3 fully saturated rings. The molecule has 0 saturated carbocycles. The Morgan fingerprint density at radius 2 is 0.761 bits per heavy atom. The molecule has 17 atom stereocenters. The van der Waals surface area contributed by atoms with E-state index in [1.54, 1.807) is 6.08 Å². The number of hydrogen-bond acceptors (Lipinski definition) is 18. The van der Waals surface area contributed by atoms with Gasteiger partial charge in [-0.05, 0) is 89.9 Å². The van der Waals surface area contributed by atoms with E-state index in [1.165, 1.54) is 83.5 Å². The molecule has 0 aliphatic carbocycles. The summed E-state index contributed by atoms with van der Waals surface area (Å²) < 4.78 is 34.3. The zero-order valence-corrected chi connectivity index (χ0v) is 55.7. The third-order valence-electron chi connectivity index (χ3n) is 16.8. The molecule has 19 heteroatoms. The number of allylic oxidation sites excluding steroid dienone is 17. The maximum Gasteiger partial charge on any atom is 0.220 e. The first kappa shape index (κ1) is 82.7. The predicted octanol–water partition coefficient (Wildman–Crippen LogP) is 9.44. The van der Waals surface area contributed by atoms with Crippen molar-refractivity contribution in [1.82, 2.24) is 5.32 Å². The summed E-state index contributed by atoms with van der Waals surface area (Å²) in [5.74, 6) is -0.297. The van der Waals surface area contributed by atoms with Crippen molar-refractivity contribution in [3.05, 3.63) is 109 Å².